The smallest absolute Gasteiger partial charge is 0.220 e. The van der Waals surface area contributed by atoms with Gasteiger partial charge in [0.2, 0.25) is 5.13 Å². The van der Waals surface area contributed by atoms with E-state index in [-0.39, 0.29) is 5.82 Å². The predicted octanol–water partition coefficient (Wildman–Crippen LogP) is 1.63. The average molecular weight is 210 g/mol. The molecule has 0 aliphatic heterocycles. The van der Waals surface area contributed by atoms with Crippen molar-refractivity contribution >= 4 is 16.5 Å². The second kappa shape index (κ2) is 3.69. The maximum absolute atomic E-state index is 12.6. The van der Waals surface area contributed by atoms with Gasteiger partial charge in [0.1, 0.15) is 10.8 Å². The molecule has 0 aliphatic carbocycles. The van der Waals surface area contributed by atoms with E-state index in [1.54, 1.807) is 12.1 Å². The fourth-order valence-corrected chi connectivity index (χ4v) is 1.65. The lowest BCUT2D eigenvalue weighted by atomic mass is 10.2. The molecule has 0 aliphatic rings. The monoisotopic (exact) mass is 210 g/mol. The van der Waals surface area contributed by atoms with E-state index < -0.39 is 0 Å². The van der Waals surface area contributed by atoms with Crippen LogP contribution in [0.25, 0.3) is 10.6 Å². The fourth-order valence-electron chi connectivity index (χ4n) is 0.991. The van der Waals surface area contributed by atoms with Gasteiger partial charge in [0.25, 0.3) is 0 Å². The lowest BCUT2D eigenvalue weighted by Crippen LogP contribution is -2.05. The maximum atomic E-state index is 12.6. The molecule has 0 amide bonds. The molecule has 0 bridgehead atoms. The lowest BCUT2D eigenvalue weighted by Gasteiger charge is -1.93. The minimum Gasteiger partial charge on any atom is -0.298 e. The van der Waals surface area contributed by atoms with Crippen molar-refractivity contribution < 1.29 is 4.39 Å². The zero-order chi connectivity index (χ0) is 9.97. The molecular formula is C8H7FN4S. The van der Waals surface area contributed by atoms with Crippen LogP contribution >= 0.6 is 11.3 Å². The minimum absolute atomic E-state index is 0.268. The van der Waals surface area contributed by atoms with Gasteiger partial charge in [-0.2, -0.15) is 0 Å². The van der Waals surface area contributed by atoms with Gasteiger partial charge in [-0.15, -0.1) is 10.2 Å². The van der Waals surface area contributed by atoms with Crippen molar-refractivity contribution in [3.8, 4) is 10.6 Å². The molecule has 3 N–H and O–H groups in total. The number of hydrazine groups is 1. The Morgan fingerprint density at radius 1 is 1.21 bits per heavy atom. The number of benzene rings is 1. The zero-order valence-electron chi connectivity index (χ0n) is 7.07. The largest absolute Gasteiger partial charge is 0.298 e. The number of aromatic nitrogens is 2. The second-order valence-electron chi connectivity index (χ2n) is 2.56. The average Bonchev–Trinajstić information content (AvgIpc) is 2.67. The fraction of sp³-hybridized carbons (Fsp3) is 0. The molecule has 72 valence electrons. The third kappa shape index (κ3) is 1.70. The number of hydrogen-bond acceptors (Lipinski definition) is 5. The number of nitrogens with zero attached hydrogens (tertiary/aromatic N) is 2. The molecule has 4 nitrogen and oxygen atoms in total. The molecule has 1 aromatic heterocycles. The first-order valence-electron chi connectivity index (χ1n) is 3.85. The summed E-state index contributed by atoms with van der Waals surface area (Å²) in [5.74, 6) is 4.90. The highest BCUT2D eigenvalue weighted by molar-refractivity contribution is 7.18. The van der Waals surface area contributed by atoms with Crippen molar-refractivity contribution in [1.82, 2.24) is 10.2 Å². The van der Waals surface area contributed by atoms with Crippen molar-refractivity contribution in [3.05, 3.63) is 30.1 Å². The van der Waals surface area contributed by atoms with E-state index in [0.717, 1.165) is 5.56 Å². The van der Waals surface area contributed by atoms with Crippen LogP contribution in [0.15, 0.2) is 24.3 Å². The molecule has 0 saturated carbocycles. The Morgan fingerprint density at radius 2 is 1.93 bits per heavy atom. The van der Waals surface area contributed by atoms with Crippen molar-refractivity contribution in [2.75, 3.05) is 5.43 Å². The van der Waals surface area contributed by atoms with Gasteiger partial charge < -0.3 is 0 Å². The topological polar surface area (TPSA) is 63.8 Å². The van der Waals surface area contributed by atoms with Crippen LogP contribution in [-0.4, -0.2) is 10.2 Å². The van der Waals surface area contributed by atoms with Gasteiger partial charge >= 0.3 is 0 Å². The summed E-state index contributed by atoms with van der Waals surface area (Å²) in [5.41, 5.74) is 3.22. The second-order valence-corrected chi connectivity index (χ2v) is 3.54. The summed E-state index contributed by atoms with van der Waals surface area (Å²) in [7, 11) is 0. The lowest BCUT2D eigenvalue weighted by molar-refractivity contribution is 0.628. The van der Waals surface area contributed by atoms with Crippen LogP contribution in [0, 0.1) is 5.82 Å². The standard InChI is InChI=1S/C8H7FN4S/c9-6-3-1-5(2-4-6)7-12-13-8(11-10)14-7/h1-4H,10H2,(H,11,13). The zero-order valence-corrected chi connectivity index (χ0v) is 7.88. The van der Waals surface area contributed by atoms with Gasteiger partial charge in [0, 0.05) is 5.56 Å². The maximum Gasteiger partial charge on any atom is 0.220 e. The summed E-state index contributed by atoms with van der Waals surface area (Å²) < 4.78 is 12.6. The highest BCUT2D eigenvalue weighted by atomic mass is 32.1. The predicted molar refractivity (Wildman–Crippen MR) is 53.1 cm³/mol. The molecule has 0 radical (unpaired) electrons. The molecule has 1 heterocycles. The van der Waals surface area contributed by atoms with Crippen molar-refractivity contribution in [3.63, 3.8) is 0 Å². The molecule has 6 heteroatoms. The Labute approximate surface area is 83.6 Å². The van der Waals surface area contributed by atoms with Crippen LogP contribution in [-0.2, 0) is 0 Å². The van der Waals surface area contributed by atoms with Crippen LogP contribution in [0.5, 0.6) is 0 Å². The normalized spacial score (nSPS) is 10.1. The van der Waals surface area contributed by atoms with E-state index in [4.69, 9.17) is 5.84 Å². The Bertz CT molecular complexity index is 425. The number of nitrogens with one attached hydrogen (secondary N) is 1. The summed E-state index contributed by atoms with van der Waals surface area (Å²) in [4.78, 5) is 0. The van der Waals surface area contributed by atoms with Gasteiger partial charge in [0.15, 0.2) is 0 Å². The van der Waals surface area contributed by atoms with Crippen molar-refractivity contribution in [2.45, 2.75) is 0 Å². The van der Waals surface area contributed by atoms with Crippen LogP contribution < -0.4 is 11.3 Å². The van der Waals surface area contributed by atoms with Crippen LogP contribution in [0.4, 0.5) is 9.52 Å². The number of halogens is 1. The molecule has 0 saturated heterocycles. The van der Waals surface area contributed by atoms with Crippen LogP contribution in [0.3, 0.4) is 0 Å². The summed E-state index contributed by atoms with van der Waals surface area (Å²) >= 11 is 1.31. The number of nitrogens with two attached hydrogens (primary N) is 1. The van der Waals surface area contributed by atoms with E-state index in [1.165, 1.54) is 23.5 Å². The van der Waals surface area contributed by atoms with E-state index in [9.17, 15) is 4.39 Å². The summed E-state index contributed by atoms with van der Waals surface area (Å²) in [6, 6.07) is 6.06. The highest BCUT2D eigenvalue weighted by Crippen LogP contribution is 2.25. The quantitative estimate of drug-likeness (QED) is 0.584. The molecule has 2 rings (SSSR count). The molecule has 0 atom stereocenters. The Balaban J connectivity index is 2.34. The van der Waals surface area contributed by atoms with E-state index in [2.05, 4.69) is 15.6 Å². The Kier molecular flexibility index (Phi) is 2.38. The summed E-state index contributed by atoms with van der Waals surface area (Å²) in [6.07, 6.45) is 0. The molecule has 0 fully saturated rings. The van der Waals surface area contributed by atoms with Gasteiger partial charge in [-0.25, -0.2) is 10.2 Å². The first-order valence-corrected chi connectivity index (χ1v) is 4.67. The van der Waals surface area contributed by atoms with Gasteiger partial charge in [-0.1, -0.05) is 11.3 Å². The van der Waals surface area contributed by atoms with Crippen molar-refractivity contribution in [1.29, 1.82) is 0 Å². The molecular weight excluding hydrogens is 203 g/mol. The van der Waals surface area contributed by atoms with Gasteiger partial charge in [-0.05, 0) is 24.3 Å². The number of anilines is 1. The van der Waals surface area contributed by atoms with Crippen LogP contribution in [0.2, 0.25) is 0 Å². The molecule has 2 aromatic rings. The number of nitrogen functional groups attached to an aromatic ring is 1. The molecule has 0 unspecified atom stereocenters. The Hall–Kier alpha value is -1.53. The third-order valence-electron chi connectivity index (χ3n) is 1.64. The summed E-state index contributed by atoms with van der Waals surface area (Å²) in [5, 5.41) is 8.90. The number of hydrogen-bond donors (Lipinski definition) is 2. The first-order chi connectivity index (χ1) is 6.79. The Morgan fingerprint density at radius 3 is 2.50 bits per heavy atom. The highest BCUT2D eigenvalue weighted by Gasteiger charge is 2.04. The van der Waals surface area contributed by atoms with E-state index >= 15 is 0 Å². The molecule has 14 heavy (non-hydrogen) atoms. The van der Waals surface area contributed by atoms with Crippen molar-refractivity contribution in [2.24, 2.45) is 5.84 Å². The molecule has 0 spiro atoms. The van der Waals surface area contributed by atoms with Gasteiger partial charge in [0.05, 0.1) is 0 Å². The van der Waals surface area contributed by atoms with E-state index in [0.29, 0.717) is 10.1 Å². The van der Waals surface area contributed by atoms with Crippen LogP contribution in [0.1, 0.15) is 0 Å². The number of rotatable bonds is 2. The first kappa shape index (κ1) is 9.04. The SMILES string of the molecule is NNc1nnc(-c2ccc(F)cc2)s1. The van der Waals surface area contributed by atoms with Gasteiger partial charge in [-0.3, -0.25) is 5.43 Å². The minimum atomic E-state index is -0.268. The van der Waals surface area contributed by atoms with E-state index in [1.807, 2.05) is 0 Å². The third-order valence-corrected chi connectivity index (χ3v) is 2.54. The summed E-state index contributed by atoms with van der Waals surface area (Å²) in [6.45, 7) is 0. The molecule has 1 aromatic carbocycles.